The van der Waals surface area contributed by atoms with Crippen LogP contribution in [0.3, 0.4) is 0 Å². The summed E-state index contributed by atoms with van der Waals surface area (Å²) in [5, 5.41) is 7.22. The fraction of sp³-hybridized carbons (Fsp3) is 1.00. The average molecular weight is 200 g/mol. The Labute approximate surface area is 89.9 Å². The first-order valence-electron chi connectivity index (χ1n) is 5.82. The molecule has 0 aliphatic rings. The van der Waals surface area contributed by atoms with Crippen molar-refractivity contribution in [1.82, 2.24) is 10.6 Å². The standard InChI is InChI=1S/C12H28N2/c1-8-12(6,7)14-11(9(2)3)13-10(4)5/h9-11,13-14H,8H2,1-7H3. The highest BCUT2D eigenvalue weighted by Crippen LogP contribution is 2.11. The van der Waals surface area contributed by atoms with E-state index in [1.807, 2.05) is 0 Å². The van der Waals surface area contributed by atoms with Gasteiger partial charge in [0.05, 0.1) is 6.17 Å². The second-order valence-corrected chi connectivity index (χ2v) is 5.42. The molecule has 1 unspecified atom stereocenters. The van der Waals surface area contributed by atoms with E-state index in [1.165, 1.54) is 0 Å². The van der Waals surface area contributed by atoms with E-state index in [1.54, 1.807) is 0 Å². The lowest BCUT2D eigenvalue weighted by Crippen LogP contribution is -2.56. The molecule has 0 saturated carbocycles. The van der Waals surface area contributed by atoms with Gasteiger partial charge in [-0.25, -0.2) is 0 Å². The predicted octanol–water partition coefficient (Wildman–Crippen LogP) is 2.74. The van der Waals surface area contributed by atoms with Crippen molar-refractivity contribution in [2.45, 2.75) is 72.6 Å². The summed E-state index contributed by atoms with van der Waals surface area (Å²) in [5.41, 5.74) is 0.219. The van der Waals surface area contributed by atoms with Crippen molar-refractivity contribution in [3.63, 3.8) is 0 Å². The third kappa shape index (κ3) is 5.61. The molecule has 0 aromatic carbocycles. The van der Waals surface area contributed by atoms with Crippen LogP contribution in [0, 0.1) is 5.92 Å². The van der Waals surface area contributed by atoms with E-state index in [2.05, 4.69) is 59.1 Å². The molecule has 0 aliphatic carbocycles. The third-order valence-electron chi connectivity index (χ3n) is 2.61. The molecule has 0 bridgehead atoms. The van der Waals surface area contributed by atoms with Gasteiger partial charge in [0.15, 0.2) is 0 Å². The monoisotopic (exact) mass is 200 g/mol. The number of hydrogen-bond donors (Lipinski definition) is 2. The minimum Gasteiger partial charge on any atom is -0.299 e. The quantitative estimate of drug-likeness (QED) is 0.644. The molecule has 2 N–H and O–H groups in total. The highest BCUT2D eigenvalue weighted by Gasteiger charge is 2.22. The summed E-state index contributed by atoms with van der Waals surface area (Å²) in [6.45, 7) is 15.6. The second kappa shape index (κ2) is 5.72. The van der Waals surface area contributed by atoms with Crippen LogP contribution in [0.1, 0.15) is 54.9 Å². The van der Waals surface area contributed by atoms with Gasteiger partial charge < -0.3 is 0 Å². The van der Waals surface area contributed by atoms with Crippen LogP contribution in [0.2, 0.25) is 0 Å². The van der Waals surface area contributed by atoms with Crippen LogP contribution in [0.25, 0.3) is 0 Å². The molecule has 1 atom stereocenters. The molecule has 0 aromatic rings. The molecule has 0 radical (unpaired) electrons. The van der Waals surface area contributed by atoms with Gasteiger partial charge in [0, 0.05) is 11.6 Å². The van der Waals surface area contributed by atoms with Gasteiger partial charge in [-0.05, 0) is 40.0 Å². The number of hydrogen-bond acceptors (Lipinski definition) is 2. The van der Waals surface area contributed by atoms with E-state index in [4.69, 9.17) is 0 Å². The summed E-state index contributed by atoms with van der Waals surface area (Å²) < 4.78 is 0. The van der Waals surface area contributed by atoms with Crippen molar-refractivity contribution in [2.24, 2.45) is 5.92 Å². The van der Waals surface area contributed by atoms with Gasteiger partial charge in [-0.15, -0.1) is 0 Å². The molecule has 0 heterocycles. The maximum atomic E-state index is 3.66. The Bertz CT molecular complexity index is 150. The highest BCUT2D eigenvalue weighted by atomic mass is 15.2. The summed E-state index contributed by atoms with van der Waals surface area (Å²) in [6.07, 6.45) is 1.56. The van der Waals surface area contributed by atoms with Crippen LogP contribution in [0.5, 0.6) is 0 Å². The van der Waals surface area contributed by atoms with Gasteiger partial charge >= 0.3 is 0 Å². The van der Waals surface area contributed by atoms with Crippen molar-refractivity contribution in [1.29, 1.82) is 0 Å². The molecule has 2 heteroatoms. The minimum atomic E-state index is 0.219. The van der Waals surface area contributed by atoms with Gasteiger partial charge in [0.1, 0.15) is 0 Å². The molecule has 0 spiro atoms. The van der Waals surface area contributed by atoms with Gasteiger partial charge in [0.25, 0.3) is 0 Å². The van der Waals surface area contributed by atoms with Gasteiger partial charge in [0.2, 0.25) is 0 Å². The zero-order chi connectivity index (χ0) is 11.4. The molecule has 14 heavy (non-hydrogen) atoms. The minimum absolute atomic E-state index is 0.219. The van der Waals surface area contributed by atoms with E-state index in [9.17, 15) is 0 Å². The molecule has 0 aliphatic heterocycles. The van der Waals surface area contributed by atoms with Gasteiger partial charge in [-0.1, -0.05) is 20.8 Å². The first-order valence-corrected chi connectivity index (χ1v) is 5.82. The topological polar surface area (TPSA) is 24.1 Å². The maximum absolute atomic E-state index is 3.66. The van der Waals surface area contributed by atoms with E-state index in [-0.39, 0.29) is 5.54 Å². The average Bonchev–Trinajstić information content (AvgIpc) is 2.02. The lowest BCUT2D eigenvalue weighted by Gasteiger charge is -2.35. The van der Waals surface area contributed by atoms with Crippen molar-refractivity contribution >= 4 is 0 Å². The molecule has 2 nitrogen and oxygen atoms in total. The van der Waals surface area contributed by atoms with E-state index in [0.29, 0.717) is 18.1 Å². The van der Waals surface area contributed by atoms with E-state index < -0.39 is 0 Å². The Balaban J connectivity index is 4.23. The lowest BCUT2D eigenvalue weighted by molar-refractivity contribution is 0.232. The summed E-state index contributed by atoms with van der Waals surface area (Å²) >= 11 is 0. The molecule has 0 rings (SSSR count). The Morgan fingerprint density at radius 3 is 1.86 bits per heavy atom. The largest absolute Gasteiger partial charge is 0.299 e. The Morgan fingerprint density at radius 2 is 1.57 bits per heavy atom. The normalized spacial score (nSPS) is 15.2. The second-order valence-electron chi connectivity index (χ2n) is 5.42. The van der Waals surface area contributed by atoms with Gasteiger partial charge in [-0.3, -0.25) is 10.6 Å². The first kappa shape index (κ1) is 13.9. The molecule has 0 fully saturated rings. The Hall–Kier alpha value is -0.0800. The fourth-order valence-corrected chi connectivity index (χ4v) is 1.28. The Kier molecular flexibility index (Phi) is 5.68. The molecule has 0 aromatic heterocycles. The summed E-state index contributed by atoms with van der Waals surface area (Å²) in [4.78, 5) is 0. The van der Waals surface area contributed by atoms with E-state index >= 15 is 0 Å². The maximum Gasteiger partial charge on any atom is 0.0601 e. The first-order chi connectivity index (χ1) is 6.28. The SMILES string of the molecule is CCC(C)(C)NC(NC(C)C)C(C)C. The van der Waals surface area contributed by atoms with Crippen LogP contribution in [0.4, 0.5) is 0 Å². The molecular weight excluding hydrogens is 172 g/mol. The van der Waals surface area contributed by atoms with E-state index in [0.717, 1.165) is 6.42 Å². The zero-order valence-corrected chi connectivity index (χ0v) is 10.9. The number of nitrogens with one attached hydrogen (secondary N) is 2. The summed E-state index contributed by atoms with van der Waals surface area (Å²) in [7, 11) is 0. The molecule has 86 valence electrons. The van der Waals surface area contributed by atoms with Crippen molar-refractivity contribution in [3.05, 3.63) is 0 Å². The van der Waals surface area contributed by atoms with Crippen LogP contribution < -0.4 is 10.6 Å². The molecule has 0 saturated heterocycles. The van der Waals surface area contributed by atoms with Crippen molar-refractivity contribution in [2.75, 3.05) is 0 Å². The Morgan fingerprint density at radius 1 is 1.07 bits per heavy atom. The smallest absolute Gasteiger partial charge is 0.0601 e. The summed E-state index contributed by atoms with van der Waals surface area (Å²) in [5.74, 6) is 0.614. The zero-order valence-electron chi connectivity index (χ0n) is 10.9. The fourth-order valence-electron chi connectivity index (χ4n) is 1.28. The van der Waals surface area contributed by atoms with Crippen molar-refractivity contribution in [3.8, 4) is 0 Å². The lowest BCUT2D eigenvalue weighted by atomic mass is 9.99. The summed E-state index contributed by atoms with van der Waals surface area (Å²) in [6, 6.07) is 0.530. The van der Waals surface area contributed by atoms with Crippen LogP contribution in [-0.2, 0) is 0 Å². The highest BCUT2D eigenvalue weighted by molar-refractivity contribution is 4.82. The predicted molar refractivity (Wildman–Crippen MR) is 64.4 cm³/mol. The molecular formula is C12H28N2. The van der Waals surface area contributed by atoms with Crippen molar-refractivity contribution < 1.29 is 0 Å². The van der Waals surface area contributed by atoms with Gasteiger partial charge in [-0.2, -0.15) is 0 Å². The third-order valence-corrected chi connectivity index (χ3v) is 2.61. The van der Waals surface area contributed by atoms with Crippen LogP contribution >= 0.6 is 0 Å². The van der Waals surface area contributed by atoms with Crippen LogP contribution in [0.15, 0.2) is 0 Å². The van der Waals surface area contributed by atoms with Crippen LogP contribution in [-0.4, -0.2) is 17.7 Å². The number of rotatable bonds is 6. The molecule has 0 amide bonds.